The Morgan fingerprint density at radius 2 is 1.79 bits per heavy atom. The highest BCUT2D eigenvalue weighted by molar-refractivity contribution is 5.20. The molecule has 1 heterocycles. The molecule has 0 aromatic heterocycles. The molecule has 1 aliphatic carbocycles. The van der Waals surface area contributed by atoms with Crippen LogP contribution >= 0.6 is 0 Å². The first-order valence-electron chi connectivity index (χ1n) is 7.92. The van der Waals surface area contributed by atoms with E-state index in [1.54, 1.807) is 0 Å². The summed E-state index contributed by atoms with van der Waals surface area (Å²) in [6.45, 7) is 3.59. The maximum atomic E-state index is 3.88. The van der Waals surface area contributed by atoms with Crippen LogP contribution in [-0.2, 0) is 0 Å². The lowest BCUT2D eigenvalue weighted by Gasteiger charge is -2.36. The van der Waals surface area contributed by atoms with Crippen molar-refractivity contribution in [3.63, 3.8) is 0 Å². The highest BCUT2D eigenvalue weighted by Crippen LogP contribution is 2.37. The maximum Gasteiger partial charge on any atom is 0.0348 e. The van der Waals surface area contributed by atoms with Crippen molar-refractivity contribution >= 4 is 0 Å². The summed E-state index contributed by atoms with van der Waals surface area (Å²) in [6, 6.07) is 11.6. The van der Waals surface area contributed by atoms with Gasteiger partial charge in [0.15, 0.2) is 0 Å². The van der Waals surface area contributed by atoms with Crippen LogP contribution in [0, 0.1) is 11.8 Å². The minimum absolute atomic E-state index is 0.588. The summed E-state index contributed by atoms with van der Waals surface area (Å²) >= 11 is 0. The first-order chi connectivity index (χ1) is 9.43. The topological polar surface area (TPSA) is 24.1 Å². The Bertz CT molecular complexity index is 366. The van der Waals surface area contributed by atoms with Crippen molar-refractivity contribution in [2.24, 2.45) is 11.8 Å². The van der Waals surface area contributed by atoms with E-state index in [9.17, 15) is 0 Å². The van der Waals surface area contributed by atoms with E-state index in [4.69, 9.17) is 0 Å². The lowest BCUT2D eigenvalue weighted by atomic mass is 9.77. The van der Waals surface area contributed by atoms with E-state index in [-0.39, 0.29) is 0 Å². The molecule has 19 heavy (non-hydrogen) atoms. The summed E-state index contributed by atoms with van der Waals surface area (Å²) in [7, 11) is 0. The van der Waals surface area contributed by atoms with E-state index in [1.165, 1.54) is 57.3 Å². The van der Waals surface area contributed by atoms with Gasteiger partial charge >= 0.3 is 0 Å². The largest absolute Gasteiger partial charge is 0.317 e. The highest BCUT2D eigenvalue weighted by atomic mass is 14.9. The van der Waals surface area contributed by atoms with Crippen molar-refractivity contribution in [1.29, 1.82) is 0 Å². The predicted molar refractivity (Wildman–Crippen MR) is 80.1 cm³/mol. The summed E-state index contributed by atoms with van der Waals surface area (Å²) in [6.07, 6.45) is 6.89. The molecule has 2 fully saturated rings. The number of benzene rings is 1. The fraction of sp³-hybridized carbons (Fsp3) is 0.647. The Hall–Kier alpha value is -0.860. The third-order valence-corrected chi connectivity index (χ3v) is 4.87. The Morgan fingerprint density at radius 3 is 2.42 bits per heavy atom. The van der Waals surface area contributed by atoms with Gasteiger partial charge in [0, 0.05) is 6.04 Å². The standard InChI is InChI=1S/C17H26N2/c1-2-5-15(6-3-1)17(16-7-4-8-16)19-13-14-9-11-18-12-10-14/h1-3,5-6,14,16-19H,4,7-13H2. The van der Waals surface area contributed by atoms with Gasteiger partial charge in [-0.05, 0) is 62.7 Å². The molecule has 2 N–H and O–H groups in total. The summed E-state index contributed by atoms with van der Waals surface area (Å²) in [5.74, 6) is 1.73. The number of hydrogen-bond donors (Lipinski definition) is 2. The van der Waals surface area contributed by atoms with Gasteiger partial charge in [-0.15, -0.1) is 0 Å². The van der Waals surface area contributed by atoms with Crippen LogP contribution in [0.3, 0.4) is 0 Å². The van der Waals surface area contributed by atoms with Crippen LogP contribution in [0.25, 0.3) is 0 Å². The van der Waals surface area contributed by atoms with E-state index in [0.717, 1.165) is 11.8 Å². The van der Waals surface area contributed by atoms with Crippen molar-refractivity contribution in [2.45, 2.75) is 38.1 Å². The molecular formula is C17H26N2. The van der Waals surface area contributed by atoms with Gasteiger partial charge in [0.2, 0.25) is 0 Å². The van der Waals surface area contributed by atoms with Crippen LogP contribution in [-0.4, -0.2) is 19.6 Å². The smallest absolute Gasteiger partial charge is 0.0348 e. The molecule has 1 aromatic rings. The molecule has 2 aliphatic rings. The van der Waals surface area contributed by atoms with Gasteiger partial charge in [-0.1, -0.05) is 36.8 Å². The van der Waals surface area contributed by atoms with Crippen LogP contribution < -0.4 is 10.6 Å². The molecule has 0 bridgehead atoms. The van der Waals surface area contributed by atoms with Gasteiger partial charge < -0.3 is 10.6 Å². The summed E-state index contributed by atoms with van der Waals surface area (Å²) in [4.78, 5) is 0. The van der Waals surface area contributed by atoms with E-state index < -0.39 is 0 Å². The van der Waals surface area contributed by atoms with Crippen LogP contribution in [0.1, 0.15) is 43.7 Å². The molecule has 0 amide bonds. The molecule has 1 aliphatic heterocycles. The Morgan fingerprint density at radius 1 is 1.05 bits per heavy atom. The molecule has 1 aromatic carbocycles. The second kappa shape index (κ2) is 6.53. The van der Waals surface area contributed by atoms with E-state index in [0.29, 0.717) is 6.04 Å². The maximum absolute atomic E-state index is 3.88. The zero-order chi connectivity index (χ0) is 12.9. The molecule has 2 heteroatoms. The third-order valence-electron chi connectivity index (χ3n) is 4.87. The van der Waals surface area contributed by atoms with Gasteiger partial charge in [0.1, 0.15) is 0 Å². The minimum Gasteiger partial charge on any atom is -0.317 e. The number of nitrogens with one attached hydrogen (secondary N) is 2. The van der Waals surface area contributed by atoms with Crippen LogP contribution in [0.2, 0.25) is 0 Å². The van der Waals surface area contributed by atoms with Crippen molar-refractivity contribution < 1.29 is 0 Å². The normalized spacial score (nSPS) is 22.9. The molecule has 0 spiro atoms. The molecule has 1 unspecified atom stereocenters. The number of rotatable bonds is 5. The van der Waals surface area contributed by atoms with E-state index in [1.807, 2.05) is 0 Å². The molecular weight excluding hydrogens is 232 g/mol. The van der Waals surface area contributed by atoms with E-state index >= 15 is 0 Å². The van der Waals surface area contributed by atoms with Gasteiger partial charge in [-0.25, -0.2) is 0 Å². The summed E-state index contributed by atoms with van der Waals surface area (Å²) < 4.78 is 0. The monoisotopic (exact) mass is 258 g/mol. The molecule has 1 saturated heterocycles. The lowest BCUT2D eigenvalue weighted by molar-refractivity contribution is 0.217. The second-order valence-corrected chi connectivity index (χ2v) is 6.18. The second-order valence-electron chi connectivity index (χ2n) is 6.18. The fourth-order valence-electron chi connectivity index (χ4n) is 3.37. The zero-order valence-electron chi connectivity index (χ0n) is 11.8. The van der Waals surface area contributed by atoms with Gasteiger partial charge in [-0.3, -0.25) is 0 Å². The molecule has 0 radical (unpaired) electrons. The first kappa shape index (κ1) is 13.1. The Kier molecular flexibility index (Phi) is 4.52. The fourth-order valence-corrected chi connectivity index (χ4v) is 3.37. The van der Waals surface area contributed by atoms with E-state index in [2.05, 4.69) is 41.0 Å². The Labute approximate surface area is 117 Å². The summed E-state index contributed by atoms with van der Waals surface area (Å²) in [5, 5.41) is 7.33. The molecule has 2 nitrogen and oxygen atoms in total. The molecule has 1 saturated carbocycles. The Balaban J connectivity index is 1.59. The van der Waals surface area contributed by atoms with Crippen molar-refractivity contribution in [3.8, 4) is 0 Å². The number of hydrogen-bond acceptors (Lipinski definition) is 2. The van der Waals surface area contributed by atoms with Crippen LogP contribution in [0.4, 0.5) is 0 Å². The highest BCUT2D eigenvalue weighted by Gasteiger charge is 2.28. The molecule has 104 valence electrons. The van der Waals surface area contributed by atoms with Crippen molar-refractivity contribution in [2.75, 3.05) is 19.6 Å². The molecule has 1 atom stereocenters. The minimum atomic E-state index is 0.588. The SMILES string of the molecule is c1ccc(C(NCC2CCNCC2)C2CCC2)cc1. The van der Waals surface area contributed by atoms with Gasteiger partial charge in [0.25, 0.3) is 0 Å². The van der Waals surface area contributed by atoms with Gasteiger partial charge in [-0.2, -0.15) is 0 Å². The van der Waals surface area contributed by atoms with Crippen LogP contribution in [0.5, 0.6) is 0 Å². The quantitative estimate of drug-likeness (QED) is 0.848. The van der Waals surface area contributed by atoms with Gasteiger partial charge in [0.05, 0.1) is 0 Å². The average Bonchev–Trinajstić information content (AvgIpc) is 2.43. The van der Waals surface area contributed by atoms with Crippen molar-refractivity contribution in [3.05, 3.63) is 35.9 Å². The lowest BCUT2D eigenvalue weighted by Crippen LogP contribution is -2.38. The average molecular weight is 258 g/mol. The van der Waals surface area contributed by atoms with Crippen molar-refractivity contribution in [1.82, 2.24) is 10.6 Å². The summed E-state index contributed by atoms with van der Waals surface area (Å²) in [5.41, 5.74) is 1.49. The van der Waals surface area contributed by atoms with Crippen LogP contribution in [0.15, 0.2) is 30.3 Å². The zero-order valence-corrected chi connectivity index (χ0v) is 11.8. The predicted octanol–water partition coefficient (Wildman–Crippen LogP) is 3.12. The third kappa shape index (κ3) is 3.37. The number of piperidine rings is 1. The first-order valence-corrected chi connectivity index (χ1v) is 7.92. The molecule has 3 rings (SSSR count).